The molecule has 1 aromatic heterocycles. The SMILES string of the molecule is Cc1nc(S(=O)(=O)N(CCBr)C(C)C)cn1C. The van der Waals surface area contributed by atoms with Gasteiger partial charge in [-0.05, 0) is 20.8 Å². The minimum Gasteiger partial charge on any atom is -0.337 e. The number of aromatic nitrogens is 2. The van der Waals surface area contributed by atoms with E-state index in [-0.39, 0.29) is 11.1 Å². The van der Waals surface area contributed by atoms with E-state index >= 15 is 0 Å². The summed E-state index contributed by atoms with van der Waals surface area (Å²) >= 11 is 3.27. The van der Waals surface area contributed by atoms with E-state index in [1.54, 1.807) is 24.7 Å². The van der Waals surface area contributed by atoms with Crippen molar-refractivity contribution in [1.29, 1.82) is 0 Å². The molecule has 1 rings (SSSR count). The Labute approximate surface area is 111 Å². The average Bonchev–Trinajstić information content (AvgIpc) is 2.55. The van der Waals surface area contributed by atoms with Gasteiger partial charge in [0.05, 0.1) is 0 Å². The molecule has 0 atom stereocenters. The Morgan fingerprint density at radius 1 is 1.53 bits per heavy atom. The number of halogens is 1. The predicted octanol–water partition coefficient (Wildman–Crippen LogP) is 1.52. The zero-order valence-electron chi connectivity index (χ0n) is 10.5. The molecule has 0 spiro atoms. The molecule has 0 bridgehead atoms. The van der Waals surface area contributed by atoms with Gasteiger partial charge in [0.2, 0.25) is 0 Å². The molecule has 17 heavy (non-hydrogen) atoms. The molecule has 0 aliphatic carbocycles. The molecule has 0 saturated heterocycles. The van der Waals surface area contributed by atoms with Crippen molar-refractivity contribution in [3.63, 3.8) is 0 Å². The quantitative estimate of drug-likeness (QED) is 0.772. The fourth-order valence-electron chi connectivity index (χ4n) is 1.51. The molecular formula is C10H18BrN3O2S. The maximum Gasteiger partial charge on any atom is 0.262 e. The molecule has 1 aromatic rings. The molecule has 0 aliphatic heterocycles. The molecule has 0 unspecified atom stereocenters. The standard InChI is InChI=1S/C10H18BrN3O2S/c1-8(2)14(6-5-11)17(15,16)10-7-13(4)9(3)12-10/h7-8H,5-6H2,1-4H3. The molecule has 0 amide bonds. The monoisotopic (exact) mass is 323 g/mol. The Kier molecular flexibility index (Phi) is 4.74. The van der Waals surface area contributed by atoms with Crippen LogP contribution in [-0.2, 0) is 17.1 Å². The van der Waals surface area contributed by atoms with Gasteiger partial charge in [-0.1, -0.05) is 15.9 Å². The van der Waals surface area contributed by atoms with Gasteiger partial charge in [-0.2, -0.15) is 4.31 Å². The minimum absolute atomic E-state index is 0.0835. The summed E-state index contributed by atoms with van der Waals surface area (Å²) in [5.74, 6) is 0.686. The fourth-order valence-corrected chi connectivity index (χ4v) is 3.79. The van der Waals surface area contributed by atoms with Gasteiger partial charge in [0.1, 0.15) is 5.82 Å². The van der Waals surface area contributed by atoms with Crippen LogP contribution in [0.1, 0.15) is 19.7 Å². The van der Waals surface area contributed by atoms with Gasteiger partial charge < -0.3 is 4.57 Å². The molecule has 0 fully saturated rings. The molecule has 0 N–H and O–H groups in total. The Morgan fingerprint density at radius 3 is 2.47 bits per heavy atom. The van der Waals surface area contributed by atoms with Crippen molar-refractivity contribution in [3.8, 4) is 0 Å². The molecule has 5 nitrogen and oxygen atoms in total. The Balaban J connectivity index is 3.16. The number of rotatable bonds is 5. The fraction of sp³-hybridized carbons (Fsp3) is 0.700. The van der Waals surface area contributed by atoms with Crippen LogP contribution in [0.4, 0.5) is 0 Å². The second-order valence-electron chi connectivity index (χ2n) is 4.14. The summed E-state index contributed by atoms with van der Waals surface area (Å²) in [5.41, 5.74) is 0. The molecule has 0 aliphatic rings. The third-order valence-corrected chi connectivity index (χ3v) is 4.84. The summed E-state index contributed by atoms with van der Waals surface area (Å²) in [6, 6.07) is -0.0835. The summed E-state index contributed by atoms with van der Waals surface area (Å²) in [4.78, 5) is 4.09. The van der Waals surface area contributed by atoms with Crippen LogP contribution in [0.2, 0.25) is 0 Å². The van der Waals surface area contributed by atoms with E-state index in [4.69, 9.17) is 0 Å². The minimum atomic E-state index is -3.49. The van der Waals surface area contributed by atoms with Crippen molar-refractivity contribution >= 4 is 26.0 Å². The smallest absolute Gasteiger partial charge is 0.262 e. The van der Waals surface area contributed by atoms with Crippen LogP contribution in [0.3, 0.4) is 0 Å². The van der Waals surface area contributed by atoms with Crippen molar-refractivity contribution in [2.24, 2.45) is 7.05 Å². The summed E-state index contributed by atoms with van der Waals surface area (Å²) in [6.45, 7) is 5.94. The molecular weight excluding hydrogens is 306 g/mol. The van der Waals surface area contributed by atoms with Crippen LogP contribution in [0.5, 0.6) is 0 Å². The Morgan fingerprint density at radius 2 is 2.12 bits per heavy atom. The van der Waals surface area contributed by atoms with E-state index in [2.05, 4.69) is 20.9 Å². The molecule has 0 aromatic carbocycles. The van der Waals surface area contributed by atoms with E-state index in [0.717, 1.165) is 0 Å². The Bertz CT molecular complexity index is 462. The summed E-state index contributed by atoms with van der Waals surface area (Å²) in [5, 5.41) is 0.725. The van der Waals surface area contributed by atoms with Crippen molar-refractivity contribution < 1.29 is 8.42 Å². The largest absolute Gasteiger partial charge is 0.337 e. The zero-order chi connectivity index (χ0) is 13.2. The van der Waals surface area contributed by atoms with Gasteiger partial charge in [-0.15, -0.1) is 0 Å². The number of sulfonamides is 1. The van der Waals surface area contributed by atoms with Gasteiger partial charge in [-0.25, -0.2) is 13.4 Å². The van der Waals surface area contributed by atoms with E-state index in [0.29, 0.717) is 17.7 Å². The van der Waals surface area contributed by atoms with Crippen LogP contribution in [0.15, 0.2) is 11.2 Å². The predicted molar refractivity (Wildman–Crippen MR) is 70.8 cm³/mol. The van der Waals surface area contributed by atoms with Crippen molar-refractivity contribution in [2.75, 3.05) is 11.9 Å². The van der Waals surface area contributed by atoms with Crippen LogP contribution >= 0.6 is 15.9 Å². The number of imidazole rings is 1. The van der Waals surface area contributed by atoms with Crippen LogP contribution in [0.25, 0.3) is 0 Å². The first-order valence-electron chi connectivity index (χ1n) is 5.38. The van der Waals surface area contributed by atoms with Crippen LogP contribution < -0.4 is 0 Å². The molecule has 0 radical (unpaired) electrons. The van der Waals surface area contributed by atoms with Crippen LogP contribution in [0, 0.1) is 6.92 Å². The van der Waals surface area contributed by atoms with E-state index in [1.807, 2.05) is 13.8 Å². The lowest BCUT2D eigenvalue weighted by molar-refractivity contribution is 0.370. The average molecular weight is 324 g/mol. The first-order chi connectivity index (χ1) is 7.80. The van der Waals surface area contributed by atoms with E-state index < -0.39 is 10.0 Å². The highest BCUT2D eigenvalue weighted by Gasteiger charge is 2.28. The highest BCUT2D eigenvalue weighted by Crippen LogP contribution is 2.17. The van der Waals surface area contributed by atoms with E-state index in [1.165, 1.54) is 4.31 Å². The topological polar surface area (TPSA) is 55.2 Å². The normalized spacial score (nSPS) is 12.6. The highest BCUT2D eigenvalue weighted by molar-refractivity contribution is 9.09. The lowest BCUT2D eigenvalue weighted by Crippen LogP contribution is -2.38. The molecule has 7 heteroatoms. The lowest BCUT2D eigenvalue weighted by atomic mass is 10.4. The van der Waals surface area contributed by atoms with Gasteiger partial charge in [0.25, 0.3) is 10.0 Å². The number of hydrogen-bond acceptors (Lipinski definition) is 3. The van der Waals surface area contributed by atoms with Gasteiger partial charge in [-0.3, -0.25) is 0 Å². The zero-order valence-corrected chi connectivity index (χ0v) is 12.9. The first-order valence-corrected chi connectivity index (χ1v) is 7.94. The third kappa shape index (κ3) is 3.08. The summed E-state index contributed by atoms with van der Waals surface area (Å²) < 4.78 is 27.9. The summed E-state index contributed by atoms with van der Waals surface area (Å²) in [7, 11) is -1.71. The Hall–Kier alpha value is -0.400. The third-order valence-electron chi connectivity index (χ3n) is 2.54. The van der Waals surface area contributed by atoms with E-state index in [9.17, 15) is 8.42 Å². The molecule has 98 valence electrons. The second kappa shape index (κ2) is 5.49. The maximum atomic E-state index is 12.4. The number of hydrogen-bond donors (Lipinski definition) is 0. The van der Waals surface area contributed by atoms with Gasteiger partial charge >= 0.3 is 0 Å². The second-order valence-corrected chi connectivity index (χ2v) is 6.77. The first kappa shape index (κ1) is 14.7. The number of alkyl halides is 1. The highest BCUT2D eigenvalue weighted by atomic mass is 79.9. The molecule has 1 heterocycles. The van der Waals surface area contributed by atoms with Crippen molar-refractivity contribution in [1.82, 2.24) is 13.9 Å². The van der Waals surface area contributed by atoms with Gasteiger partial charge in [0, 0.05) is 31.2 Å². The van der Waals surface area contributed by atoms with Crippen LogP contribution in [-0.4, -0.2) is 40.2 Å². The lowest BCUT2D eigenvalue weighted by Gasteiger charge is -2.23. The maximum absolute atomic E-state index is 12.4. The van der Waals surface area contributed by atoms with Crippen molar-refractivity contribution in [3.05, 3.63) is 12.0 Å². The summed E-state index contributed by atoms with van der Waals surface area (Å²) in [6.07, 6.45) is 1.55. The van der Waals surface area contributed by atoms with Crippen molar-refractivity contribution in [2.45, 2.75) is 31.8 Å². The number of nitrogens with zero attached hydrogens (tertiary/aromatic N) is 3. The number of aryl methyl sites for hydroxylation is 2. The van der Waals surface area contributed by atoms with Gasteiger partial charge in [0.15, 0.2) is 5.03 Å². The molecule has 0 saturated carbocycles.